The van der Waals surface area contributed by atoms with E-state index in [1.54, 1.807) is 30.4 Å². The lowest BCUT2D eigenvalue weighted by atomic mass is 9.63. The van der Waals surface area contributed by atoms with Crippen LogP contribution in [0.25, 0.3) is 0 Å². The van der Waals surface area contributed by atoms with Crippen molar-refractivity contribution in [1.82, 2.24) is 4.72 Å². The minimum absolute atomic E-state index is 0.0665. The Hall–Kier alpha value is -3.32. The molecule has 2 bridgehead atoms. The summed E-state index contributed by atoms with van der Waals surface area (Å²) in [5.74, 6) is -0.166. The number of hydrogen-bond acceptors (Lipinski definition) is 7. The summed E-state index contributed by atoms with van der Waals surface area (Å²) in [5.41, 5.74) is 2.03. The summed E-state index contributed by atoms with van der Waals surface area (Å²) in [6.45, 7) is 7.07. The number of anilines is 1. The van der Waals surface area contributed by atoms with Crippen molar-refractivity contribution in [2.45, 2.75) is 68.1 Å². The van der Waals surface area contributed by atoms with E-state index < -0.39 is 26.8 Å². The van der Waals surface area contributed by atoms with Gasteiger partial charge in [0.15, 0.2) is 0 Å². The van der Waals surface area contributed by atoms with E-state index in [1.165, 1.54) is 18.1 Å². The number of hydrogen-bond donors (Lipinski definition) is 2. The maximum atomic E-state index is 13.4. The number of halogens is 1. The maximum absolute atomic E-state index is 13.4. The predicted octanol–water partition coefficient (Wildman–Crippen LogP) is 5.45. The van der Waals surface area contributed by atoms with Crippen LogP contribution in [0, 0.1) is 23.2 Å². The number of rotatable bonds is 1. The number of amides is 1. The van der Waals surface area contributed by atoms with Gasteiger partial charge in [-0.2, -0.15) is 5.26 Å². The van der Waals surface area contributed by atoms with Crippen LogP contribution in [0.5, 0.6) is 5.75 Å². The Morgan fingerprint density at radius 2 is 2.07 bits per heavy atom. The molecule has 0 saturated heterocycles. The van der Waals surface area contributed by atoms with Gasteiger partial charge in [0.25, 0.3) is 5.91 Å². The van der Waals surface area contributed by atoms with Crippen molar-refractivity contribution in [2.75, 3.05) is 24.6 Å². The van der Waals surface area contributed by atoms with Crippen molar-refractivity contribution in [3.05, 3.63) is 82.4 Å². The summed E-state index contributed by atoms with van der Waals surface area (Å²) >= 11 is 6.39. The lowest BCUT2D eigenvalue weighted by Gasteiger charge is -2.48. The molecule has 0 radical (unpaired) electrons. The molecule has 1 saturated carbocycles. The van der Waals surface area contributed by atoms with E-state index in [2.05, 4.69) is 28.3 Å². The summed E-state index contributed by atoms with van der Waals surface area (Å²) < 4.78 is 35.1. The van der Waals surface area contributed by atoms with Crippen LogP contribution in [0.3, 0.4) is 0 Å². The van der Waals surface area contributed by atoms with Gasteiger partial charge < -0.3 is 14.7 Å². The van der Waals surface area contributed by atoms with E-state index in [0.29, 0.717) is 41.7 Å². The minimum atomic E-state index is -4.09. The fourth-order valence-corrected chi connectivity index (χ4v) is 8.78. The first kappa shape index (κ1) is 30.7. The van der Waals surface area contributed by atoms with Gasteiger partial charge in [0, 0.05) is 29.1 Å². The third kappa shape index (κ3) is 5.53. The first-order valence-electron chi connectivity index (χ1n) is 15.3. The summed E-state index contributed by atoms with van der Waals surface area (Å²) in [4.78, 5) is 15.6. The molecule has 1 fully saturated rings. The van der Waals surface area contributed by atoms with Crippen molar-refractivity contribution in [1.29, 1.82) is 5.26 Å². The normalized spacial score (nSPS) is 32.1. The number of aryl methyl sites for hydroxylation is 1. The zero-order chi connectivity index (χ0) is 31.3. The molecule has 2 aromatic carbocycles. The van der Waals surface area contributed by atoms with Crippen LogP contribution in [-0.4, -0.2) is 50.0 Å². The molecule has 8 nitrogen and oxygen atoms in total. The number of fused-ring (bicyclic) bond motifs is 4. The predicted molar refractivity (Wildman–Crippen MR) is 170 cm³/mol. The molecule has 2 heterocycles. The zero-order valence-corrected chi connectivity index (χ0v) is 26.5. The molecule has 10 heteroatoms. The molecule has 2 aliphatic carbocycles. The number of ether oxygens (including phenoxy) is 1. The van der Waals surface area contributed by atoms with Crippen LogP contribution in [-0.2, 0) is 21.9 Å². The van der Waals surface area contributed by atoms with E-state index in [-0.39, 0.29) is 35.7 Å². The number of sulfonamides is 1. The maximum Gasteiger partial charge on any atom is 0.264 e. The van der Waals surface area contributed by atoms with Gasteiger partial charge in [-0.1, -0.05) is 42.0 Å². The lowest BCUT2D eigenvalue weighted by Crippen LogP contribution is -2.52. The molecule has 44 heavy (non-hydrogen) atoms. The van der Waals surface area contributed by atoms with Gasteiger partial charge in [-0.15, -0.1) is 0 Å². The van der Waals surface area contributed by atoms with Crippen LogP contribution in [0.4, 0.5) is 5.69 Å². The Balaban J connectivity index is 1.46. The second-order valence-electron chi connectivity index (χ2n) is 12.9. The Morgan fingerprint density at radius 3 is 2.82 bits per heavy atom. The van der Waals surface area contributed by atoms with Gasteiger partial charge in [0.05, 0.1) is 35.6 Å². The standard InChI is InChI=1S/C34H38ClN3O5S/c1-22-5-3-14-34(40,15-16-36)29-10-7-26(29)19-38-20-33(13-4-6-24-17-27(35)9-11-28(24)33)21-43-31-12-8-25(18-30(31)38)32(39)37-44(41,42)23(22)2/h3,8-9,11-12,14,17-18,23,26,29,40H,1,4-7,10,13,15,19-21H2,2H3,(H,37,39)/b14-3+/t23-,26+,29-,33+,34-/m1/s1. The molecular weight excluding hydrogens is 598 g/mol. The molecule has 0 aromatic heterocycles. The summed E-state index contributed by atoms with van der Waals surface area (Å²) in [6.07, 6.45) is 7.97. The van der Waals surface area contributed by atoms with Gasteiger partial charge in [-0.25, -0.2) is 13.1 Å². The Labute approximate surface area is 264 Å². The zero-order valence-electron chi connectivity index (χ0n) is 24.9. The molecule has 1 amide bonds. The van der Waals surface area contributed by atoms with E-state index in [1.807, 2.05) is 12.1 Å². The first-order chi connectivity index (χ1) is 20.9. The Kier molecular flexibility index (Phi) is 8.06. The van der Waals surface area contributed by atoms with Gasteiger partial charge in [-0.05, 0) is 98.7 Å². The Morgan fingerprint density at radius 1 is 1.25 bits per heavy atom. The number of carbonyl (C=O) groups excluding carboxylic acids is 1. The molecular formula is C34H38ClN3O5S. The number of nitrogens with zero attached hydrogens (tertiary/aromatic N) is 2. The highest BCUT2D eigenvalue weighted by atomic mass is 35.5. The van der Waals surface area contributed by atoms with E-state index in [0.717, 1.165) is 32.1 Å². The molecule has 0 unspecified atom stereocenters. The van der Waals surface area contributed by atoms with E-state index in [4.69, 9.17) is 16.3 Å². The van der Waals surface area contributed by atoms with Gasteiger partial charge >= 0.3 is 0 Å². The molecule has 6 rings (SSSR count). The molecule has 1 spiro atoms. The van der Waals surface area contributed by atoms with Crippen LogP contribution in [0.1, 0.15) is 66.9 Å². The van der Waals surface area contributed by atoms with Crippen molar-refractivity contribution < 1.29 is 23.1 Å². The smallest absolute Gasteiger partial charge is 0.264 e. The molecule has 5 atom stereocenters. The second-order valence-corrected chi connectivity index (χ2v) is 15.4. The largest absolute Gasteiger partial charge is 0.490 e. The number of benzene rings is 2. The van der Waals surface area contributed by atoms with Crippen LogP contribution < -0.4 is 14.4 Å². The lowest BCUT2D eigenvalue weighted by molar-refractivity contribution is -0.0416. The molecule has 2 aliphatic heterocycles. The fourth-order valence-electron chi connectivity index (χ4n) is 7.50. The minimum Gasteiger partial charge on any atom is -0.490 e. The van der Waals surface area contributed by atoms with Crippen LogP contribution in [0.15, 0.2) is 60.7 Å². The number of carbonyl (C=O) groups is 1. The third-order valence-electron chi connectivity index (χ3n) is 10.2. The SMILES string of the molecule is C=C1C/C=C/[C@@](O)(CC#N)[C@@H]2CC[C@H]2CN2C[C@@]3(CCCc4cc(Cl)ccc43)COc3ccc(cc32)C(=O)NS(=O)(=O)[C@@H]1C. The fraction of sp³-hybridized carbons (Fsp3) is 0.471. The average Bonchev–Trinajstić information content (AvgIpc) is 3.11. The van der Waals surface area contributed by atoms with E-state index >= 15 is 0 Å². The highest BCUT2D eigenvalue weighted by Crippen LogP contribution is 2.49. The second kappa shape index (κ2) is 11.6. The van der Waals surface area contributed by atoms with Crippen molar-refractivity contribution in [2.24, 2.45) is 11.8 Å². The highest BCUT2D eigenvalue weighted by Gasteiger charge is 2.48. The number of nitrogens with one attached hydrogen (secondary N) is 1. The molecule has 2 aromatic rings. The van der Waals surface area contributed by atoms with Crippen molar-refractivity contribution in [3.8, 4) is 11.8 Å². The molecule has 232 valence electrons. The van der Waals surface area contributed by atoms with Crippen LogP contribution in [0.2, 0.25) is 5.02 Å². The third-order valence-corrected chi connectivity index (χ3v) is 12.2. The van der Waals surface area contributed by atoms with Crippen LogP contribution >= 0.6 is 11.6 Å². The monoisotopic (exact) mass is 635 g/mol. The van der Waals surface area contributed by atoms with Crippen molar-refractivity contribution in [3.63, 3.8) is 0 Å². The average molecular weight is 636 g/mol. The highest BCUT2D eigenvalue weighted by molar-refractivity contribution is 7.90. The quantitative estimate of drug-likeness (QED) is 0.400. The number of allylic oxidation sites excluding steroid dienone is 1. The topological polar surface area (TPSA) is 120 Å². The molecule has 2 N–H and O–H groups in total. The summed E-state index contributed by atoms with van der Waals surface area (Å²) in [7, 11) is -4.09. The van der Waals surface area contributed by atoms with E-state index in [9.17, 15) is 23.6 Å². The molecule has 4 aliphatic rings. The number of nitriles is 1. The van der Waals surface area contributed by atoms with Gasteiger partial charge in [-0.3, -0.25) is 4.79 Å². The summed E-state index contributed by atoms with van der Waals surface area (Å²) in [6, 6.07) is 13.3. The summed E-state index contributed by atoms with van der Waals surface area (Å²) in [5, 5.41) is 21.1. The van der Waals surface area contributed by atoms with Gasteiger partial charge in [0.1, 0.15) is 5.75 Å². The number of aliphatic hydroxyl groups is 1. The Bertz CT molecular complexity index is 1680. The first-order valence-corrected chi connectivity index (χ1v) is 17.2. The van der Waals surface area contributed by atoms with Crippen molar-refractivity contribution >= 4 is 33.2 Å². The van der Waals surface area contributed by atoms with Gasteiger partial charge in [0.2, 0.25) is 10.0 Å².